The summed E-state index contributed by atoms with van der Waals surface area (Å²) in [6.45, 7) is 4.35. The number of benzene rings is 1. The molecule has 0 spiro atoms. The van der Waals surface area contributed by atoms with Crippen LogP contribution in [-0.2, 0) is 21.3 Å². The van der Waals surface area contributed by atoms with Gasteiger partial charge in [0.25, 0.3) is 0 Å². The largest absolute Gasteiger partial charge is 0.491 e. The molecule has 8 nitrogen and oxygen atoms in total. The lowest BCUT2D eigenvalue weighted by Gasteiger charge is -2.25. The molecule has 1 saturated carbocycles. The zero-order valence-corrected chi connectivity index (χ0v) is 18.5. The van der Waals surface area contributed by atoms with Gasteiger partial charge in [-0.25, -0.2) is 13.1 Å². The molecule has 9 heteroatoms. The third-order valence-electron chi connectivity index (χ3n) is 4.92. The smallest absolute Gasteiger partial charge is 0.213 e. The maximum Gasteiger partial charge on any atom is 0.213 e. The SMILES string of the molecule is CN=C(NCCS(=O)(=O)NCC1CCC1)NCc1ccc(C)cc1OCCOC. The molecule has 1 aromatic carbocycles. The maximum atomic E-state index is 12.1. The van der Waals surface area contributed by atoms with Crippen LogP contribution in [0.5, 0.6) is 5.75 Å². The number of sulfonamides is 1. The number of methoxy groups -OCH3 is 1. The highest BCUT2D eigenvalue weighted by Gasteiger charge is 2.20. The summed E-state index contributed by atoms with van der Waals surface area (Å²) in [6.07, 6.45) is 3.44. The lowest BCUT2D eigenvalue weighted by molar-refractivity contribution is 0.145. The molecule has 1 aromatic rings. The van der Waals surface area contributed by atoms with Gasteiger partial charge >= 0.3 is 0 Å². The Labute approximate surface area is 174 Å². The van der Waals surface area contributed by atoms with Crippen LogP contribution in [-0.4, -0.2) is 60.6 Å². The van der Waals surface area contributed by atoms with E-state index in [2.05, 4.69) is 20.3 Å². The van der Waals surface area contributed by atoms with Crippen LogP contribution < -0.4 is 20.1 Å². The number of nitrogens with one attached hydrogen (secondary N) is 3. The Kier molecular flexibility index (Phi) is 9.69. The highest BCUT2D eigenvalue weighted by Crippen LogP contribution is 2.25. The van der Waals surface area contributed by atoms with Gasteiger partial charge in [0.05, 0.1) is 12.4 Å². The molecule has 29 heavy (non-hydrogen) atoms. The van der Waals surface area contributed by atoms with Crippen molar-refractivity contribution in [3.05, 3.63) is 29.3 Å². The Balaban J connectivity index is 1.78. The van der Waals surface area contributed by atoms with Gasteiger partial charge in [-0.2, -0.15) is 0 Å². The monoisotopic (exact) mass is 426 g/mol. The van der Waals surface area contributed by atoms with Crippen LogP contribution in [0.1, 0.15) is 30.4 Å². The van der Waals surface area contributed by atoms with Gasteiger partial charge in [0.15, 0.2) is 5.96 Å². The Bertz CT molecular complexity index is 764. The fraction of sp³-hybridized carbons (Fsp3) is 0.650. The molecule has 0 bridgehead atoms. The molecule has 0 saturated heterocycles. The van der Waals surface area contributed by atoms with E-state index in [4.69, 9.17) is 9.47 Å². The summed E-state index contributed by atoms with van der Waals surface area (Å²) in [5.41, 5.74) is 2.10. The van der Waals surface area contributed by atoms with Crippen LogP contribution >= 0.6 is 0 Å². The van der Waals surface area contributed by atoms with Gasteiger partial charge in [-0.05, 0) is 37.3 Å². The summed E-state index contributed by atoms with van der Waals surface area (Å²) < 4.78 is 37.7. The summed E-state index contributed by atoms with van der Waals surface area (Å²) in [4.78, 5) is 4.16. The number of rotatable bonds is 12. The Morgan fingerprint density at radius 2 is 2.03 bits per heavy atom. The van der Waals surface area contributed by atoms with E-state index in [-0.39, 0.29) is 12.3 Å². The van der Waals surface area contributed by atoms with Gasteiger partial charge in [-0.1, -0.05) is 18.6 Å². The van der Waals surface area contributed by atoms with Crippen LogP contribution in [0.2, 0.25) is 0 Å². The molecule has 0 unspecified atom stereocenters. The summed E-state index contributed by atoms with van der Waals surface area (Å²) in [5.74, 6) is 1.86. The minimum atomic E-state index is -3.28. The molecule has 164 valence electrons. The Morgan fingerprint density at radius 3 is 2.69 bits per heavy atom. The average molecular weight is 427 g/mol. The molecule has 0 atom stereocenters. The van der Waals surface area contributed by atoms with Crippen molar-refractivity contribution in [1.82, 2.24) is 15.4 Å². The second-order valence-electron chi connectivity index (χ2n) is 7.27. The second kappa shape index (κ2) is 12.0. The summed E-state index contributed by atoms with van der Waals surface area (Å²) in [6, 6.07) is 6.02. The summed E-state index contributed by atoms with van der Waals surface area (Å²) in [5, 5.41) is 6.26. The minimum Gasteiger partial charge on any atom is -0.491 e. The van der Waals surface area contributed by atoms with Crippen LogP contribution in [0.15, 0.2) is 23.2 Å². The second-order valence-corrected chi connectivity index (χ2v) is 9.20. The van der Waals surface area contributed by atoms with Crippen molar-refractivity contribution in [3.63, 3.8) is 0 Å². The molecule has 0 amide bonds. The van der Waals surface area contributed by atoms with Gasteiger partial charge in [0.1, 0.15) is 12.4 Å². The zero-order valence-electron chi connectivity index (χ0n) is 17.7. The van der Waals surface area contributed by atoms with E-state index in [1.54, 1.807) is 14.2 Å². The number of hydrogen-bond donors (Lipinski definition) is 3. The molecule has 2 rings (SSSR count). The number of hydrogen-bond acceptors (Lipinski definition) is 5. The average Bonchev–Trinajstić information content (AvgIpc) is 2.64. The predicted octanol–water partition coefficient (Wildman–Crippen LogP) is 1.40. The molecule has 1 aliphatic carbocycles. The number of aryl methyl sites for hydroxylation is 1. The standard InChI is InChI=1S/C20H34N4O4S/c1-16-7-8-18(19(13-16)28-11-10-27-3)15-23-20(21-2)22-9-12-29(25,26)24-14-17-5-4-6-17/h7-8,13,17,24H,4-6,9-12,14-15H2,1-3H3,(H2,21,22,23). The van der Waals surface area contributed by atoms with Crippen LogP contribution in [0.25, 0.3) is 0 Å². The van der Waals surface area contributed by atoms with Gasteiger partial charge in [-0.3, -0.25) is 4.99 Å². The lowest BCUT2D eigenvalue weighted by Crippen LogP contribution is -2.41. The zero-order chi connectivity index (χ0) is 21.1. The Morgan fingerprint density at radius 1 is 1.24 bits per heavy atom. The molecule has 1 fully saturated rings. The number of aliphatic imine (C=N–C) groups is 1. The quantitative estimate of drug-likeness (QED) is 0.265. The highest BCUT2D eigenvalue weighted by molar-refractivity contribution is 7.89. The number of nitrogens with zero attached hydrogens (tertiary/aromatic N) is 1. The number of ether oxygens (including phenoxy) is 2. The summed E-state index contributed by atoms with van der Waals surface area (Å²) >= 11 is 0. The van der Waals surface area contributed by atoms with Crippen molar-refractivity contribution < 1.29 is 17.9 Å². The predicted molar refractivity (Wildman–Crippen MR) is 116 cm³/mol. The van der Waals surface area contributed by atoms with Crippen molar-refractivity contribution >= 4 is 16.0 Å². The molecule has 0 radical (unpaired) electrons. The molecule has 3 N–H and O–H groups in total. The Hall–Kier alpha value is -1.84. The molecule has 0 aromatic heterocycles. The fourth-order valence-corrected chi connectivity index (χ4v) is 3.90. The van der Waals surface area contributed by atoms with Gasteiger partial charge in [0.2, 0.25) is 10.0 Å². The summed E-state index contributed by atoms with van der Waals surface area (Å²) in [7, 11) is 0.0209. The van der Waals surface area contributed by atoms with E-state index in [9.17, 15) is 8.42 Å². The first kappa shape index (κ1) is 23.4. The van der Waals surface area contributed by atoms with Crippen molar-refractivity contribution in [3.8, 4) is 5.75 Å². The van der Waals surface area contributed by atoms with Crippen molar-refractivity contribution in [1.29, 1.82) is 0 Å². The van der Waals surface area contributed by atoms with Gasteiger partial charge in [-0.15, -0.1) is 0 Å². The van der Waals surface area contributed by atoms with E-state index in [0.717, 1.165) is 29.7 Å². The number of guanidine groups is 1. The van der Waals surface area contributed by atoms with Crippen molar-refractivity contribution in [2.75, 3.05) is 46.2 Å². The highest BCUT2D eigenvalue weighted by atomic mass is 32.2. The van der Waals surface area contributed by atoms with Crippen LogP contribution in [0.3, 0.4) is 0 Å². The maximum absolute atomic E-state index is 12.1. The molecular weight excluding hydrogens is 392 g/mol. The van der Waals surface area contributed by atoms with E-state index < -0.39 is 10.0 Å². The van der Waals surface area contributed by atoms with Crippen LogP contribution in [0.4, 0.5) is 0 Å². The minimum absolute atomic E-state index is 0.0102. The van der Waals surface area contributed by atoms with Crippen LogP contribution in [0, 0.1) is 12.8 Å². The van der Waals surface area contributed by atoms with Crippen molar-refractivity contribution in [2.45, 2.75) is 32.7 Å². The molecular formula is C20H34N4O4S. The first-order valence-electron chi connectivity index (χ1n) is 10.1. The first-order chi connectivity index (χ1) is 13.9. The first-order valence-corrected chi connectivity index (χ1v) is 11.7. The molecule has 1 aliphatic rings. The topological polar surface area (TPSA) is 101 Å². The van der Waals surface area contributed by atoms with Gasteiger partial charge in [0, 0.05) is 39.4 Å². The van der Waals surface area contributed by atoms with Gasteiger partial charge < -0.3 is 20.1 Å². The fourth-order valence-electron chi connectivity index (χ4n) is 2.89. The normalized spacial score (nSPS) is 15.1. The van der Waals surface area contributed by atoms with E-state index in [1.807, 2.05) is 25.1 Å². The molecule has 0 heterocycles. The van der Waals surface area contributed by atoms with E-state index in [1.165, 1.54) is 6.42 Å². The van der Waals surface area contributed by atoms with E-state index >= 15 is 0 Å². The van der Waals surface area contributed by atoms with E-state index in [0.29, 0.717) is 38.2 Å². The third kappa shape index (κ3) is 8.59. The third-order valence-corrected chi connectivity index (χ3v) is 6.27. The van der Waals surface area contributed by atoms with Crippen molar-refractivity contribution in [2.24, 2.45) is 10.9 Å². The lowest BCUT2D eigenvalue weighted by atomic mass is 9.86. The molecule has 0 aliphatic heterocycles.